The van der Waals surface area contributed by atoms with E-state index in [2.05, 4.69) is 9.88 Å². The van der Waals surface area contributed by atoms with Crippen LogP contribution < -0.4 is 5.56 Å². The van der Waals surface area contributed by atoms with E-state index in [-0.39, 0.29) is 10.6 Å². The van der Waals surface area contributed by atoms with Gasteiger partial charge in [-0.25, -0.2) is 13.4 Å². The summed E-state index contributed by atoms with van der Waals surface area (Å²) in [7, 11) is -3.83. The number of fused-ring (bicyclic) bond motifs is 1. The molecule has 0 bridgehead atoms. The third kappa shape index (κ3) is 3.11. The molecule has 2 fully saturated rings. The van der Waals surface area contributed by atoms with Gasteiger partial charge in [0.15, 0.2) is 9.86 Å². The normalized spacial score (nSPS) is 21.4. The number of hydrogen-bond acceptors (Lipinski definition) is 6. The van der Waals surface area contributed by atoms with Crippen LogP contribution in [0.4, 0.5) is 0 Å². The summed E-state index contributed by atoms with van der Waals surface area (Å²) >= 11 is 1.32. The van der Waals surface area contributed by atoms with Crippen molar-refractivity contribution in [2.45, 2.75) is 50.0 Å². The zero-order chi connectivity index (χ0) is 18.3. The molecule has 0 amide bonds. The highest BCUT2D eigenvalue weighted by Gasteiger charge is 2.34. The van der Waals surface area contributed by atoms with Crippen LogP contribution in [-0.2, 0) is 10.0 Å². The summed E-state index contributed by atoms with van der Waals surface area (Å²) < 4.78 is 29.0. The molecule has 3 heterocycles. The van der Waals surface area contributed by atoms with Crippen molar-refractivity contribution in [3.05, 3.63) is 27.6 Å². The van der Waals surface area contributed by atoms with Crippen molar-refractivity contribution in [2.24, 2.45) is 0 Å². The van der Waals surface area contributed by atoms with E-state index in [0.717, 1.165) is 13.1 Å². The van der Waals surface area contributed by atoms with Crippen molar-refractivity contribution in [3.8, 4) is 0 Å². The molecule has 9 heteroatoms. The fourth-order valence-corrected chi connectivity index (χ4v) is 6.54. The van der Waals surface area contributed by atoms with Crippen LogP contribution in [0, 0.1) is 6.92 Å². The first kappa shape index (κ1) is 18.1. The number of aryl methyl sites for hydroxylation is 1. The van der Waals surface area contributed by atoms with E-state index in [0.29, 0.717) is 24.1 Å². The number of rotatable bonds is 3. The molecule has 1 saturated heterocycles. The summed E-state index contributed by atoms with van der Waals surface area (Å²) in [5, 5.41) is 1.74. The molecule has 0 unspecified atom stereocenters. The highest BCUT2D eigenvalue weighted by molar-refractivity contribution is 7.89. The van der Waals surface area contributed by atoms with Gasteiger partial charge in [-0.3, -0.25) is 14.1 Å². The lowest BCUT2D eigenvalue weighted by atomic mass is 9.94. The number of sulfonamides is 1. The minimum atomic E-state index is -3.83. The molecule has 142 valence electrons. The van der Waals surface area contributed by atoms with Gasteiger partial charge in [-0.05, 0) is 19.8 Å². The molecule has 2 aromatic rings. The SMILES string of the molecule is Cc1nc2sccn2c(=O)c1S(=O)(=O)N1CCN(C2CCCCC2)CC1. The van der Waals surface area contributed by atoms with Crippen LogP contribution in [0.15, 0.2) is 21.3 Å². The molecule has 1 aliphatic carbocycles. The first-order valence-electron chi connectivity index (χ1n) is 9.19. The molecule has 0 aromatic carbocycles. The summed E-state index contributed by atoms with van der Waals surface area (Å²) in [4.78, 5) is 19.8. The second-order valence-electron chi connectivity index (χ2n) is 7.12. The van der Waals surface area contributed by atoms with Gasteiger partial charge < -0.3 is 0 Å². The van der Waals surface area contributed by atoms with Crippen LogP contribution >= 0.6 is 11.3 Å². The predicted octanol–water partition coefficient (Wildman–Crippen LogP) is 1.70. The zero-order valence-electron chi connectivity index (χ0n) is 14.9. The molecular weight excluding hydrogens is 372 g/mol. The molecule has 2 aliphatic rings. The van der Waals surface area contributed by atoms with Crippen LogP contribution in [-0.4, -0.2) is 59.2 Å². The molecule has 2 aromatic heterocycles. The monoisotopic (exact) mass is 396 g/mol. The third-order valence-corrected chi connectivity index (χ3v) is 8.34. The average Bonchev–Trinajstić information content (AvgIpc) is 3.11. The van der Waals surface area contributed by atoms with Crippen molar-refractivity contribution in [1.82, 2.24) is 18.6 Å². The van der Waals surface area contributed by atoms with Crippen LogP contribution in [0.5, 0.6) is 0 Å². The largest absolute Gasteiger partial charge is 0.298 e. The van der Waals surface area contributed by atoms with Crippen LogP contribution in [0.2, 0.25) is 0 Å². The Morgan fingerprint density at radius 2 is 1.81 bits per heavy atom. The minimum Gasteiger partial charge on any atom is -0.298 e. The Bertz CT molecular complexity index is 952. The molecular formula is C17H24N4O3S2. The molecule has 26 heavy (non-hydrogen) atoms. The predicted molar refractivity (Wildman–Crippen MR) is 101 cm³/mol. The maximum atomic E-state index is 13.1. The molecule has 0 atom stereocenters. The van der Waals surface area contributed by atoms with Crippen LogP contribution in [0.3, 0.4) is 0 Å². The Labute approximate surface area is 157 Å². The van der Waals surface area contributed by atoms with E-state index >= 15 is 0 Å². The van der Waals surface area contributed by atoms with Gasteiger partial charge in [0.1, 0.15) is 0 Å². The van der Waals surface area contributed by atoms with Crippen molar-refractivity contribution in [2.75, 3.05) is 26.2 Å². The van der Waals surface area contributed by atoms with Gasteiger partial charge in [0.2, 0.25) is 0 Å². The Morgan fingerprint density at radius 3 is 2.50 bits per heavy atom. The average molecular weight is 397 g/mol. The van der Waals surface area contributed by atoms with Crippen molar-refractivity contribution in [3.63, 3.8) is 0 Å². The van der Waals surface area contributed by atoms with Crippen LogP contribution in [0.1, 0.15) is 37.8 Å². The first-order chi connectivity index (χ1) is 12.5. The Balaban J connectivity index is 1.57. The Hall–Kier alpha value is -1.29. The maximum absolute atomic E-state index is 13.1. The Morgan fingerprint density at radius 1 is 1.12 bits per heavy atom. The number of thiazole rings is 1. The van der Waals surface area contributed by atoms with Crippen molar-refractivity contribution < 1.29 is 8.42 Å². The third-order valence-electron chi connectivity index (χ3n) is 5.56. The number of hydrogen-bond donors (Lipinski definition) is 0. The Kier molecular flexibility index (Phi) is 4.89. The van der Waals surface area contributed by atoms with Crippen molar-refractivity contribution >= 4 is 26.3 Å². The molecule has 0 spiro atoms. The molecule has 0 N–H and O–H groups in total. The molecule has 1 aliphatic heterocycles. The lowest BCUT2D eigenvalue weighted by Crippen LogP contribution is -2.52. The lowest BCUT2D eigenvalue weighted by Gasteiger charge is -2.40. The molecule has 0 radical (unpaired) electrons. The molecule has 1 saturated carbocycles. The number of nitrogens with zero attached hydrogens (tertiary/aromatic N) is 4. The van der Waals surface area contributed by atoms with Gasteiger partial charge >= 0.3 is 0 Å². The zero-order valence-corrected chi connectivity index (χ0v) is 16.6. The first-order valence-corrected chi connectivity index (χ1v) is 11.5. The van der Waals surface area contributed by atoms with Crippen LogP contribution in [0.25, 0.3) is 4.96 Å². The second-order valence-corrected chi connectivity index (χ2v) is 9.87. The van der Waals surface area contributed by atoms with Gasteiger partial charge in [-0.1, -0.05) is 19.3 Å². The molecule has 4 rings (SSSR count). The quantitative estimate of drug-likeness (QED) is 0.789. The molecule has 7 nitrogen and oxygen atoms in total. The number of piperazine rings is 1. The van der Waals surface area contributed by atoms with E-state index in [4.69, 9.17) is 0 Å². The summed E-state index contributed by atoms with van der Waals surface area (Å²) in [6.45, 7) is 3.94. The van der Waals surface area contributed by atoms with Crippen molar-refractivity contribution in [1.29, 1.82) is 0 Å². The second kappa shape index (κ2) is 7.03. The lowest BCUT2D eigenvalue weighted by molar-refractivity contribution is 0.111. The maximum Gasteiger partial charge on any atom is 0.279 e. The van der Waals surface area contributed by atoms with E-state index in [1.807, 2.05) is 0 Å². The fraction of sp³-hybridized carbons (Fsp3) is 0.647. The summed E-state index contributed by atoms with van der Waals surface area (Å²) in [6.07, 6.45) is 7.86. The summed E-state index contributed by atoms with van der Waals surface area (Å²) in [6, 6.07) is 0.588. The summed E-state index contributed by atoms with van der Waals surface area (Å²) in [5.41, 5.74) is -0.212. The number of aromatic nitrogens is 2. The van der Waals surface area contributed by atoms with E-state index in [1.54, 1.807) is 18.5 Å². The van der Waals surface area contributed by atoms with Gasteiger partial charge in [0.05, 0.1) is 5.69 Å². The van der Waals surface area contributed by atoms with Gasteiger partial charge in [0.25, 0.3) is 15.6 Å². The topological polar surface area (TPSA) is 75.0 Å². The van der Waals surface area contributed by atoms with Gasteiger partial charge in [-0.2, -0.15) is 4.31 Å². The van der Waals surface area contributed by atoms with Gasteiger partial charge in [0, 0.05) is 43.8 Å². The van der Waals surface area contributed by atoms with E-state index in [9.17, 15) is 13.2 Å². The standard InChI is InChI=1S/C17H24N4O3S2/c1-13-15(16(22)21-11-12-25-17(21)18-13)26(23,24)20-9-7-19(8-10-20)14-5-3-2-4-6-14/h11-12,14H,2-10H2,1H3. The smallest absolute Gasteiger partial charge is 0.279 e. The van der Waals surface area contributed by atoms with Gasteiger partial charge in [-0.15, -0.1) is 11.3 Å². The fourth-order valence-electron chi connectivity index (χ4n) is 4.15. The minimum absolute atomic E-state index is 0.181. The highest BCUT2D eigenvalue weighted by atomic mass is 32.2. The highest BCUT2D eigenvalue weighted by Crippen LogP contribution is 2.25. The summed E-state index contributed by atoms with van der Waals surface area (Å²) in [5.74, 6) is 0. The van der Waals surface area contributed by atoms with E-state index in [1.165, 1.54) is 52.1 Å². The van der Waals surface area contributed by atoms with E-state index < -0.39 is 15.6 Å².